The average molecular weight is 157 g/mol. The summed E-state index contributed by atoms with van der Waals surface area (Å²) in [5, 5.41) is 0. The second kappa shape index (κ2) is 12.4. The van der Waals surface area contributed by atoms with Gasteiger partial charge in [0, 0.05) is 12.3 Å². The third-order valence-electron chi connectivity index (χ3n) is 1.32. The van der Waals surface area contributed by atoms with E-state index in [4.69, 9.17) is 0 Å². The van der Waals surface area contributed by atoms with E-state index in [2.05, 4.69) is 25.8 Å². The molecule has 0 unspecified atom stereocenters. The molecule has 0 heterocycles. The van der Waals surface area contributed by atoms with Crippen molar-refractivity contribution in [1.29, 1.82) is 0 Å². The van der Waals surface area contributed by atoms with Gasteiger partial charge >= 0.3 is 0 Å². The predicted octanol–water partition coefficient (Wildman–Crippen LogP) is 3.68. The van der Waals surface area contributed by atoms with Crippen LogP contribution >= 0.6 is 0 Å². The molecule has 0 N–H and O–H groups in total. The number of nitrogens with zero attached hydrogens (tertiary/aromatic N) is 1. The molecule has 0 aliphatic rings. The minimum Gasteiger partial charge on any atom is -0.295 e. The highest BCUT2D eigenvalue weighted by molar-refractivity contribution is 5.81. The fourth-order valence-electron chi connectivity index (χ4n) is 0.782. The monoisotopic (exact) mass is 157 g/mol. The molecular weight excluding hydrogens is 134 g/mol. The Bertz CT molecular complexity index is 84.9. The summed E-state index contributed by atoms with van der Waals surface area (Å²) in [6, 6.07) is 0. The predicted molar refractivity (Wildman–Crippen MR) is 54.5 cm³/mol. The molecule has 0 aliphatic carbocycles. The van der Waals surface area contributed by atoms with Crippen molar-refractivity contribution in [1.82, 2.24) is 0 Å². The van der Waals surface area contributed by atoms with E-state index in [1.807, 2.05) is 13.8 Å². The Morgan fingerprint density at radius 1 is 1.18 bits per heavy atom. The zero-order valence-electron chi connectivity index (χ0n) is 8.78. The molecule has 0 aliphatic heterocycles. The number of rotatable bonds is 4. The Kier molecular flexibility index (Phi) is 14.9. The van der Waals surface area contributed by atoms with Gasteiger partial charge in [-0.1, -0.05) is 27.2 Å². The van der Waals surface area contributed by atoms with Gasteiger partial charge in [-0.25, -0.2) is 0 Å². The van der Waals surface area contributed by atoms with Gasteiger partial charge in [-0.2, -0.15) is 0 Å². The molecule has 0 aromatic heterocycles. The van der Waals surface area contributed by atoms with Gasteiger partial charge in [0.2, 0.25) is 0 Å². The van der Waals surface area contributed by atoms with Crippen LogP contribution in [0, 0.1) is 0 Å². The Balaban J connectivity index is 0. The maximum absolute atomic E-state index is 4.28. The Labute approximate surface area is 71.9 Å². The molecule has 0 amide bonds. The topological polar surface area (TPSA) is 12.4 Å². The van der Waals surface area contributed by atoms with Crippen molar-refractivity contribution in [3.05, 3.63) is 0 Å². The van der Waals surface area contributed by atoms with Gasteiger partial charge in [0.25, 0.3) is 0 Å². The summed E-state index contributed by atoms with van der Waals surface area (Å²) in [4.78, 5) is 4.28. The fourth-order valence-corrected chi connectivity index (χ4v) is 0.782. The second-order valence-corrected chi connectivity index (χ2v) is 2.31. The van der Waals surface area contributed by atoms with Gasteiger partial charge in [-0.05, 0) is 26.7 Å². The van der Waals surface area contributed by atoms with Crippen LogP contribution in [0.25, 0.3) is 0 Å². The summed E-state index contributed by atoms with van der Waals surface area (Å²) < 4.78 is 0. The van der Waals surface area contributed by atoms with Crippen molar-refractivity contribution in [2.75, 3.05) is 6.54 Å². The maximum Gasteiger partial charge on any atom is 0.0360 e. The van der Waals surface area contributed by atoms with E-state index >= 15 is 0 Å². The van der Waals surface area contributed by atoms with Crippen molar-refractivity contribution in [3.8, 4) is 0 Å². The normalized spacial score (nSPS) is 10.5. The van der Waals surface area contributed by atoms with Gasteiger partial charge < -0.3 is 0 Å². The second-order valence-electron chi connectivity index (χ2n) is 2.31. The average Bonchev–Trinajstić information content (AvgIpc) is 2.05. The van der Waals surface area contributed by atoms with E-state index in [-0.39, 0.29) is 0 Å². The van der Waals surface area contributed by atoms with Crippen molar-refractivity contribution >= 4 is 5.71 Å². The van der Waals surface area contributed by atoms with Crippen LogP contribution in [-0.2, 0) is 0 Å². The molecule has 11 heavy (non-hydrogen) atoms. The van der Waals surface area contributed by atoms with Gasteiger partial charge in [0.15, 0.2) is 0 Å². The SMILES string of the molecule is CC.CCCCC(C)=NCC. The lowest BCUT2D eigenvalue weighted by molar-refractivity contribution is 0.829. The summed E-state index contributed by atoms with van der Waals surface area (Å²) >= 11 is 0. The zero-order chi connectivity index (χ0) is 9.11. The minimum absolute atomic E-state index is 0.940. The smallest absolute Gasteiger partial charge is 0.0360 e. The van der Waals surface area contributed by atoms with Crippen molar-refractivity contribution in [3.63, 3.8) is 0 Å². The van der Waals surface area contributed by atoms with Crippen LogP contribution in [0.15, 0.2) is 4.99 Å². The molecule has 0 saturated carbocycles. The quantitative estimate of drug-likeness (QED) is 0.552. The summed E-state index contributed by atoms with van der Waals surface area (Å²) in [7, 11) is 0. The standard InChI is InChI=1S/C8H17N.C2H6/c1-4-6-7-8(3)9-5-2;1-2/h4-7H2,1-3H3;1-2H3. The first-order valence-corrected chi connectivity index (χ1v) is 4.81. The lowest BCUT2D eigenvalue weighted by Crippen LogP contribution is -1.91. The first kappa shape index (κ1) is 13.3. The highest BCUT2D eigenvalue weighted by Crippen LogP contribution is 1.95. The Morgan fingerprint density at radius 3 is 2.09 bits per heavy atom. The van der Waals surface area contributed by atoms with Gasteiger partial charge in [-0.3, -0.25) is 4.99 Å². The number of hydrogen-bond donors (Lipinski definition) is 0. The van der Waals surface area contributed by atoms with Crippen LogP contribution in [0.3, 0.4) is 0 Å². The molecular formula is C10H23N. The summed E-state index contributed by atoms with van der Waals surface area (Å²) in [5.74, 6) is 0. The molecule has 0 radical (unpaired) electrons. The molecule has 0 rings (SSSR count). The first-order chi connectivity index (χ1) is 5.31. The third-order valence-corrected chi connectivity index (χ3v) is 1.32. The molecule has 1 heteroatoms. The van der Waals surface area contributed by atoms with Gasteiger partial charge in [0.1, 0.15) is 0 Å². The highest BCUT2D eigenvalue weighted by atomic mass is 14.7. The van der Waals surface area contributed by atoms with E-state index in [0.29, 0.717) is 0 Å². The van der Waals surface area contributed by atoms with Crippen LogP contribution in [0.2, 0.25) is 0 Å². The number of aliphatic imine (C=N–C) groups is 1. The van der Waals surface area contributed by atoms with Crippen molar-refractivity contribution in [2.24, 2.45) is 4.99 Å². The van der Waals surface area contributed by atoms with E-state index in [9.17, 15) is 0 Å². The van der Waals surface area contributed by atoms with Gasteiger partial charge in [0.05, 0.1) is 0 Å². The molecule has 0 bridgehead atoms. The fraction of sp³-hybridized carbons (Fsp3) is 0.900. The van der Waals surface area contributed by atoms with E-state index in [1.165, 1.54) is 25.0 Å². The highest BCUT2D eigenvalue weighted by Gasteiger charge is 1.87. The molecule has 68 valence electrons. The number of hydrogen-bond acceptors (Lipinski definition) is 1. The van der Waals surface area contributed by atoms with Crippen LogP contribution in [0.1, 0.15) is 53.9 Å². The molecule has 0 saturated heterocycles. The summed E-state index contributed by atoms with van der Waals surface area (Å²) in [6.07, 6.45) is 3.75. The van der Waals surface area contributed by atoms with Crippen LogP contribution in [-0.4, -0.2) is 12.3 Å². The Morgan fingerprint density at radius 2 is 1.73 bits per heavy atom. The minimum atomic E-state index is 0.940. The summed E-state index contributed by atoms with van der Waals surface area (Å²) in [6.45, 7) is 11.3. The maximum atomic E-state index is 4.28. The van der Waals surface area contributed by atoms with Crippen LogP contribution in [0.5, 0.6) is 0 Å². The molecule has 1 nitrogen and oxygen atoms in total. The molecule has 0 spiro atoms. The Hall–Kier alpha value is -0.330. The zero-order valence-corrected chi connectivity index (χ0v) is 8.78. The first-order valence-electron chi connectivity index (χ1n) is 4.81. The van der Waals surface area contributed by atoms with E-state index < -0.39 is 0 Å². The van der Waals surface area contributed by atoms with E-state index in [1.54, 1.807) is 0 Å². The largest absolute Gasteiger partial charge is 0.295 e. The molecule has 0 atom stereocenters. The molecule has 0 fully saturated rings. The lowest BCUT2D eigenvalue weighted by atomic mass is 10.2. The van der Waals surface area contributed by atoms with E-state index in [0.717, 1.165) is 6.54 Å². The lowest BCUT2D eigenvalue weighted by Gasteiger charge is -1.95. The van der Waals surface area contributed by atoms with Gasteiger partial charge in [-0.15, -0.1) is 0 Å². The summed E-state index contributed by atoms with van der Waals surface area (Å²) in [5.41, 5.74) is 1.30. The van der Waals surface area contributed by atoms with Crippen molar-refractivity contribution < 1.29 is 0 Å². The number of unbranched alkanes of at least 4 members (excludes halogenated alkanes) is 1. The van der Waals surface area contributed by atoms with Crippen molar-refractivity contribution in [2.45, 2.75) is 53.9 Å². The molecule has 0 aromatic carbocycles. The van der Waals surface area contributed by atoms with Crippen LogP contribution < -0.4 is 0 Å². The molecule has 0 aromatic rings. The third kappa shape index (κ3) is 12.8. The van der Waals surface area contributed by atoms with Crippen LogP contribution in [0.4, 0.5) is 0 Å².